The molecule has 3 nitrogen and oxygen atoms in total. The highest BCUT2D eigenvalue weighted by atomic mass is 16.3. The molecule has 3 heteroatoms. The lowest BCUT2D eigenvalue weighted by atomic mass is 10.1. The minimum atomic E-state index is -0.225. The first-order valence-corrected chi connectivity index (χ1v) is 6.02. The Kier molecular flexibility index (Phi) is 4.34. The van der Waals surface area contributed by atoms with Crippen molar-refractivity contribution in [1.82, 2.24) is 10.6 Å². The van der Waals surface area contributed by atoms with Gasteiger partial charge < -0.3 is 15.7 Å². The molecule has 0 radical (unpaired) electrons. The summed E-state index contributed by atoms with van der Waals surface area (Å²) in [6.07, 6.45) is 1.99. The lowest BCUT2D eigenvalue weighted by molar-refractivity contribution is 0.163. The molecule has 2 rings (SSSR count). The number of aliphatic hydroxyl groups excluding tert-OH is 1. The molecule has 1 aliphatic rings. The van der Waals surface area contributed by atoms with E-state index in [2.05, 4.69) is 34.9 Å². The van der Waals surface area contributed by atoms with E-state index in [4.69, 9.17) is 0 Å². The van der Waals surface area contributed by atoms with Gasteiger partial charge in [-0.2, -0.15) is 0 Å². The lowest BCUT2D eigenvalue weighted by Gasteiger charge is -2.15. The van der Waals surface area contributed by atoms with Crippen molar-refractivity contribution in [1.29, 1.82) is 0 Å². The van der Waals surface area contributed by atoms with Crippen molar-refractivity contribution in [2.75, 3.05) is 19.6 Å². The molecule has 1 aliphatic heterocycles. The second kappa shape index (κ2) is 5.99. The first kappa shape index (κ1) is 11.6. The van der Waals surface area contributed by atoms with Crippen LogP contribution in [0, 0.1) is 0 Å². The molecule has 0 aliphatic carbocycles. The largest absolute Gasteiger partial charge is 0.390 e. The van der Waals surface area contributed by atoms with Gasteiger partial charge in [0.15, 0.2) is 0 Å². The van der Waals surface area contributed by atoms with Gasteiger partial charge >= 0.3 is 0 Å². The zero-order valence-electron chi connectivity index (χ0n) is 9.52. The molecule has 88 valence electrons. The van der Waals surface area contributed by atoms with Crippen molar-refractivity contribution >= 4 is 0 Å². The Labute approximate surface area is 96.9 Å². The van der Waals surface area contributed by atoms with Gasteiger partial charge in [0.25, 0.3) is 0 Å². The molecule has 0 saturated carbocycles. The Morgan fingerprint density at radius 3 is 2.75 bits per heavy atom. The second-order valence-corrected chi connectivity index (χ2v) is 4.38. The molecule has 0 spiro atoms. The van der Waals surface area contributed by atoms with Gasteiger partial charge in [0.1, 0.15) is 0 Å². The predicted octanol–water partition coefficient (Wildman–Crippen LogP) is 0.541. The van der Waals surface area contributed by atoms with Crippen molar-refractivity contribution < 1.29 is 5.11 Å². The number of benzene rings is 1. The van der Waals surface area contributed by atoms with Crippen LogP contribution in [0.15, 0.2) is 30.3 Å². The molecule has 0 amide bonds. The fraction of sp³-hybridized carbons (Fsp3) is 0.538. The number of aliphatic hydroxyl groups is 1. The lowest BCUT2D eigenvalue weighted by Crippen LogP contribution is -2.39. The number of hydrogen-bond acceptors (Lipinski definition) is 3. The van der Waals surface area contributed by atoms with Gasteiger partial charge in [0.2, 0.25) is 0 Å². The van der Waals surface area contributed by atoms with E-state index in [1.807, 2.05) is 6.07 Å². The highest BCUT2D eigenvalue weighted by Gasteiger charge is 2.23. The van der Waals surface area contributed by atoms with Crippen LogP contribution in [0.4, 0.5) is 0 Å². The van der Waals surface area contributed by atoms with Crippen molar-refractivity contribution in [3.63, 3.8) is 0 Å². The average Bonchev–Trinajstić information content (AvgIpc) is 2.72. The quantitative estimate of drug-likeness (QED) is 0.635. The number of rotatable bonds is 5. The molecule has 3 N–H and O–H groups in total. The van der Waals surface area contributed by atoms with E-state index in [0.717, 1.165) is 32.5 Å². The fourth-order valence-electron chi connectivity index (χ4n) is 2.10. The van der Waals surface area contributed by atoms with Crippen LogP contribution in [0.2, 0.25) is 0 Å². The molecular formula is C13H20N2O. The molecule has 1 aromatic carbocycles. The number of β-amino-alcohol motifs (C(OH)–C–C–N with tert-alkyl or cyclic N) is 1. The molecule has 1 fully saturated rings. The Bertz CT molecular complexity index is 302. The Morgan fingerprint density at radius 2 is 2.06 bits per heavy atom. The zero-order chi connectivity index (χ0) is 11.2. The van der Waals surface area contributed by atoms with Gasteiger partial charge in [0.05, 0.1) is 6.10 Å². The third kappa shape index (κ3) is 3.30. The second-order valence-electron chi connectivity index (χ2n) is 4.38. The van der Waals surface area contributed by atoms with Crippen molar-refractivity contribution in [2.45, 2.75) is 25.0 Å². The van der Waals surface area contributed by atoms with Crippen LogP contribution in [0.5, 0.6) is 0 Å². The van der Waals surface area contributed by atoms with E-state index >= 15 is 0 Å². The topological polar surface area (TPSA) is 44.3 Å². The summed E-state index contributed by atoms with van der Waals surface area (Å²) in [5, 5.41) is 16.1. The summed E-state index contributed by atoms with van der Waals surface area (Å²) in [6, 6.07) is 10.7. The maximum atomic E-state index is 9.58. The molecule has 1 saturated heterocycles. The van der Waals surface area contributed by atoms with Gasteiger partial charge in [-0.05, 0) is 24.9 Å². The van der Waals surface area contributed by atoms with Crippen LogP contribution in [-0.2, 0) is 6.42 Å². The third-order valence-corrected chi connectivity index (χ3v) is 3.07. The third-order valence-electron chi connectivity index (χ3n) is 3.07. The van der Waals surface area contributed by atoms with Gasteiger partial charge in [-0.15, -0.1) is 0 Å². The molecular weight excluding hydrogens is 200 g/mol. The van der Waals surface area contributed by atoms with Crippen molar-refractivity contribution in [3.8, 4) is 0 Å². The molecule has 16 heavy (non-hydrogen) atoms. The number of hydrogen-bond donors (Lipinski definition) is 3. The highest BCUT2D eigenvalue weighted by molar-refractivity contribution is 5.14. The number of nitrogens with one attached hydrogen (secondary N) is 2. The van der Waals surface area contributed by atoms with E-state index < -0.39 is 0 Å². The summed E-state index contributed by atoms with van der Waals surface area (Å²) in [6.45, 7) is 2.57. The van der Waals surface area contributed by atoms with Crippen LogP contribution in [0.25, 0.3) is 0 Å². The minimum absolute atomic E-state index is 0.225. The summed E-state index contributed by atoms with van der Waals surface area (Å²) in [4.78, 5) is 0. The summed E-state index contributed by atoms with van der Waals surface area (Å²) in [5.41, 5.74) is 1.38. The van der Waals surface area contributed by atoms with E-state index in [0.29, 0.717) is 0 Å². The SMILES string of the molecule is O[C@@H]1CNC[C@H]1NCCCc1ccccc1. The zero-order valence-corrected chi connectivity index (χ0v) is 9.52. The van der Waals surface area contributed by atoms with E-state index in [9.17, 15) is 5.11 Å². The fourth-order valence-corrected chi connectivity index (χ4v) is 2.10. The monoisotopic (exact) mass is 220 g/mol. The Morgan fingerprint density at radius 1 is 1.25 bits per heavy atom. The summed E-state index contributed by atoms with van der Waals surface area (Å²) in [7, 11) is 0. The van der Waals surface area contributed by atoms with Gasteiger partial charge in [-0.3, -0.25) is 0 Å². The average molecular weight is 220 g/mol. The standard InChI is InChI=1S/C13H20N2O/c16-13-10-14-9-12(13)15-8-4-7-11-5-2-1-3-6-11/h1-3,5-6,12-16H,4,7-10H2/t12-,13-/m1/s1. The molecule has 0 aromatic heterocycles. The first-order valence-electron chi connectivity index (χ1n) is 6.02. The maximum absolute atomic E-state index is 9.58. The van der Waals surface area contributed by atoms with Crippen LogP contribution in [0.3, 0.4) is 0 Å². The van der Waals surface area contributed by atoms with E-state index in [1.54, 1.807) is 0 Å². The van der Waals surface area contributed by atoms with Crippen LogP contribution in [-0.4, -0.2) is 36.9 Å². The molecule has 2 atom stereocenters. The van der Waals surface area contributed by atoms with Crippen molar-refractivity contribution in [2.24, 2.45) is 0 Å². The summed E-state index contributed by atoms with van der Waals surface area (Å²) >= 11 is 0. The van der Waals surface area contributed by atoms with E-state index in [1.165, 1.54) is 5.56 Å². The van der Waals surface area contributed by atoms with Gasteiger partial charge in [-0.1, -0.05) is 30.3 Å². The van der Waals surface area contributed by atoms with Crippen LogP contribution in [0.1, 0.15) is 12.0 Å². The molecule has 0 unspecified atom stereocenters. The summed E-state index contributed by atoms with van der Waals surface area (Å²) in [5.74, 6) is 0. The van der Waals surface area contributed by atoms with E-state index in [-0.39, 0.29) is 12.1 Å². The maximum Gasteiger partial charge on any atom is 0.0829 e. The van der Waals surface area contributed by atoms with Crippen molar-refractivity contribution in [3.05, 3.63) is 35.9 Å². The first-order chi connectivity index (χ1) is 7.86. The summed E-state index contributed by atoms with van der Waals surface area (Å²) < 4.78 is 0. The Balaban J connectivity index is 1.62. The molecule has 0 bridgehead atoms. The minimum Gasteiger partial charge on any atom is -0.390 e. The smallest absolute Gasteiger partial charge is 0.0829 e. The van der Waals surface area contributed by atoms with Gasteiger partial charge in [0, 0.05) is 19.1 Å². The molecule has 1 heterocycles. The van der Waals surface area contributed by atoms with Crippen LogP contribution >= 0.6 is 0 Å². The normalized spacial score (nSPS) is 24.8. The highest BCUT2D eigenvalue weighted by Crippen LogP contribution is 2.03. The van der Waals surface area contributed by atoms with Crippen LogP contribution < -0.4 is 10.6 Å². The Hall–Kier alpha value is -0.900. The van der Waals surface area contributed by atoms with Gasteiger partial charge in [-0.25, -0.2) is 0 Å². The molecule has 1 aromatic rings. The number of aryl methyl sites for hydroxylation is 1. The predicted molar refractivity (Wildman–Crippen MR) is 65.4 cm³/mol.